The maximum Gasteiger partial charge on any atom is 0.0681 e. The Kier molecular flexibility index (Phi) is 16.4. The molecule has 1 N–H and O–H groups in total. The van der Waals surface area contributed by atoms with Crippen molar-refractivity contribution in [3.8, 4) is 0 Å². The highest BCUT2D eigenvalue weighted by molar-refractivity contribution is 5.20. The first-order chi connectivity index (χ1) is 9.01. The number of aliphatic hydroxyl groups excluding tert-OH is 1. The molecule has 1 rings (SSSR count). The highest BCUT2D eigenvalue weighted by Gasteiger charge is 1.88. The van der Waals surface area contributed by atoms with Crippen LogP contribution in [0.25, 0.3) is 0 Å². The summed E-state index contributed by atoms with van der Waals surface area (Å²) in [6.07, 6.45) is 4.15. The third kappa shape index (κ3) is 17.1. The summed E-state index contributed by atoms with van der Waals surface area (Å²) in [4.78, 5) is 0. The Labute approximate surface area is 119 Å². The van der Waals surface area contributed by atoms with Crippen molar-refractivity contribution in [2.24, 2.45) is 5.92 Å². The Bertz CT molecular complexity index is 265. The van der Waals surface area contributed by atoms with Crippen LogP contribution in [-0.4, -0.2) is 19.3 Å². The molecule has 0 aromatic heterocycles. The largest absolute Gasteiger partial charge is 0.392 e. The standard InChI is InChI=1S/C8H10O.C7H16.C2H6O/c1-7-2-4-8(6-9)5-3-7;1-4-5-6-7(2)3;1-3-2/h2-5,9H,6H2,1H3;7H,4-6H2,1-3H3;1-2H3. The van der Waals surface area contributed by atoms with E-state index in [1.54, 1.807) is 14.2 Å². The normalized spacial score (nSPS) is 9.26. The van der Waals surface area contributed by atoms with E-state index < -0.39 is 0 Å². The molecule has 0 bridgehead atoms. The molecular weight excluding hydrogens is 236 g/mol. The summed E-state index contributed by atoms with van der Waals surface area (Å²) in [5, 5.41) is 8.63. The average Bonchev–Trinajstić information content (AvgIpc) is 2.39. The number of aliphatic hydroxyl groups is 1. The fourth-order valence-electron chi connectivity index (χ4n) is 1.31. The molecule has 0 atom stereocenters. The van der Waals surface area contributed by atoms with E-state index in [1.807, 2.05) is 31.2 Å². The van der Waals surface area contributed by atoms with Gasteiger partial charge in [0.1, 0.15) is 0 Å². The number of rotatable bonds is 4. The number of benzene rings is 1. The highest BCUT2D eigenvalue weighted by Crippen LogP contribution is 2.04. The van der Waals surface area contributed by atoms with Crippen molar-refractivity contribution < 1.29 is 9.84 Å². The summed E-state index contributed by atoms with van der Waals surface area (Å²) in [7, 11) is 3.25. The number of ether oxygens (including phenoxy) is 1. The number of hydrogen-bond acceptors (Lipinski definition) is 2. The molecule has 1 aromatic rings. The summed E-state index contributed by atoms with van der Waals surface area (Å²) in [6, 6.07) is 7.84. The molecule has 0 aliphatic rings. The third-order valence-corrected chi connectivity index (χ3v) is 2.44. The molecule has 0 spiro atoms. The highest BCUT2D eigenvalue weighted by atomic mass is 16.4. The van der Waals surface area contributed by atoms with Gasteiger partial charge in [-0.3, -0.25) is 0 Å². The van der Waals surface area contributed by atoms with Crippen LogP contribution < -0.4 is 0 Å². The lowest BCUT2D eigenvalue weighted by molar-refractivity contribution is 0.277. The van der Waals surface area contributed by atoms with Gasteiger partial charge in [-0.15, -0.1) is 0 Å². The zero-order valence-corrected chi connectivity index (χ0v) is 13.6. The van der Waals surface area contributed by atoms with E-state index in [1.165, 1.54) is 24.8 Å². The molecule has 0 fully saturated rings. The van der Waals surface area contributed by atoms with Crippen molar-refractivity contribution in [2.45, 2.75) is 53.6 Å². The van der Waals surface area contributed by atoms with E-state index in [-0.39, 0.29) is 6.61 Å². The van der Waals surface area contributed by atoms with Gasteiger partial charge >= 0.3 is 0 Å². The minimum atomic E-state index is 0.139. The average molecular weight is 268 g/mol. The minimum Gasteiger partial charge on any atom is -0.392 e. The lowest BCUT2D eigenvalue weighted by Gasteiger charge is -1.98. The van der Waals surface area contributed by atoms with Crippen molar-refractivity contribution in [2.75, 3.05) is 14.2 Å². The molecule has 0 amide bonds. The molecule has 0 aliphatic heterocycles. The molecule has 19 heavy (non-hydrogen) atoms. The van der Waals surface area contributed by atoms with Gasteiger partial charge < -0.3 is 9.84 Å². The summed E-state index contributed by atoms with van der Waals surface area (Å²) < 4.78 is 4.25. The first kappa shape index (κ1) is 20.5. The number of methoxy groups -OCH3 is 1. The Morgan fingerprint density at radius 2 is 1.58 bits per heavy atom. The fourth-order valence-corrected chi connectivity index (χ4v) is 1.31. The molecule has 0 unspecified atom stereocenters. The molecule has 2 nitrogen and oxygen atoms in total. The van der Waals surface area contributed by atoms with E-state index in [0.29, 0.717) is 0 Å². The zero-order chi connectivity index (χ0) is 15.1. The predicted octanol–water partition coefficient (Wildman–Crippen LogP) is 4.58. The van der Waals surface area contributed by atoms with E-state index in [0.717, 1.165) is 11.5 Å². The molecule has 1 aromatic carbocycles. The molecule has 0 radical (unpaired) electrons. The van der Waals surface area contributed by atoms with Crippen molar-refractivity contribution in [3.63, 3.8) is 0 Å². The second-order valence-corrected chi connectivity index (χ2v) is 5.09. The van der Waals surface area contributed by atoms with Crippen molar-refractivity contribution in [1.29, 1.82) is 0 Å². The monoisotopic (exact) mass is 268 g/mol. The van der Waals surface area contributed by atoms with Crippen molar-refractivity contribution in [1.82, 2.24) is 0 Å². The SMILES string of the molecule is CCCCC(C)C.COC.Cc1ccc(CO)cc1. The van der Waals surface area contributed by atoms with E-state index in [9.17, 15) is 0 Å². The summed E-state index contributed by atoms with van der Waals surface area (Å²) in [5.74, 6) is 0.903. The van der Waals surface area contributed by atoms with Crippen LogP contribution in [0.4, 0.5) is 0 Å². The Balaban J connectivity index is 0. The summed E-state index contributed by atoms with van der Waals surface area (Å²) in [5.41, 5.74) is 2.20. The Morgan fingerprint density at radius 1 is 1.11 bits per heavy atom. The smallest absolute Gasteiger partial charge is 0.0681 e. The summed E-state index contributed by atoms with van der Waals surface area (Å²) in [6.45, 7) is 8.95. The molecule has 0 heterocycles. The number of unbranched alkanes of at least 4 members (excludes halogenated alkanes) is 1. The van der Waals surface area contributed by atoms with Gasteiger partial charge in [0.25, 0.3) is 0 Å². The predicted molar refractivity (Wildman–Crippen MR) is 84.4 cm³/mol. The van der Waals surface area contributed by atoms with Crippen LogP contribution in [0.1, 0.15) is 51.2 Å². The number of hydrogen-bond donors (Lipinski definition) is 1. The second-order valence-electron chi connectivity index (χ2n) is 5.09. The van der Waals surface area contributed by atoms with Crippen LogP contribution in [0.3, 0.4) is 0 Å². The Hall–Kier alpha value is -0.860. The van der Waals surface area contributed by atoms with Gasteiger partial charge in [-0.25, -0.2) is 0 Å². The van der Waals surface area contributed by atoms with Gasteiger partial charge in [0.15, 0.2) is 0 Å². The van der Waals surface area contributed by atoms with Crippen molar-refractivity contribution in [3.05, 3.63) is 35.4 Å². The first-order valence-electron chi connectivity index (χ1n) is 7.08. The third-order valence-electron chi connectivity index (χ3n) is 2.44. The van der Waals surface area contributed by atoms with E-state index >= 15 is 0 Å². The van der Waals surface area contributed by atoms with Crippen molar-refractivity contribution >= 4 is 0 Å². The lowest BCUT2D eigenvalue weighted by atomic mass is 10.1. The van der Waals surface area contributed by atoms with Crippen LogP contribution in [0.5, 0.6) is 0 Å². The van der Waals surface area contributed by atoms with E-state index in [2.05, 4.69) is 25.5 Å². The minimum absolute atomic E-state index is 0.139. The maximum atomic E-state index is 8.63. The van der Waals surface area contributed by atoms with Gasteiger partial charge in [0, 0.05) is 14.2 Å². The molecule has 0 saturated carbocycles. The number of aryl methyl sites for hydroxylation is 1. The molecular formula is C17H32O2. The van der Waals surface area contributed by atoms with E-state index in [4.69, 9.17) is 5.11 Å². The topological polar surface area (TPSA) is 29.5 Å². The van der Waals surface area contributed by atoms with Crippen LogP contribution in [0, 0.1) is 12.8 Å². The summed E-state index contributed by atoms with van der Waals surface area (Å²) >= 11 is 0. The molecule has 0 aliphatic carbocycles. The van der Waals surface area contributed by atoms with Crippen LogP contribution >= 0.6 is 0 Å². The quantitative estimate of drug-likeness (QED) is 0.866. The fraction of sp³-hybridized carbons (Fsp3) is 0.647. The van der Waals surface area contributed by atoms with Crippen LogP contribution in [0.15, 0.2) is 24.3 Å². The lowest BCUT2D eigenvalue weighted by Crippen LogP contribution is -1.83. The maximum absolute atomic E-state index is 8.63. The van der Waals surface area contributed by atoms with Gasteiger partial charge in [-0.05, 0) is 18.4 Å². The zero-order valence-electron chi connectivity index (χ0n) is 13.6. The Morgan fingerprint density at radius 3 is 1.84 bits per heavy atom. The second kappa shape index (κ2) is 15.2. The van der Waals surface area contributed by atoms with Gasteiger partial charge in [-0.1, -0.05) is 69.9 Å². The van der Waals surface area contributed by atoms with Gasteiger partial charge in [0.2, 0.25) is 0 Å². The molecule has 112 valence electrons. The van der Waals surface area contributed by atoms with Crippen LogP contribution in [-0.2, 0) is 11.3 Å². The van der Waals surface area contributed by atoms with Gasteiger partial charge in [-0.2, -0.15) is 0 Å². The molecule has 2 heteroatoms. The molecule has 0 saturated heterocycles. The van der Waals surface area contributed by atoms with Gasteiger partial charge in [0.05, 0.1) is 6.61 Å². The first-order valence-corrected chi connectivity index (χ1v) is 7.08. The van der Waals surface area contributed by atoms with Crippen LogP contribution in [0.2, 0.25) is 0 Å².